The maximum Gasteiger partial charge on any atom is 0.326 e. The number of anilines is 1. The summed E-state index contributed by atoms with van der Waals surface area (Å²) in [5, 5.41) is 22.5. The van der Waals surface area contributed by atoms with Crippen LogP contribution in [0.5, 0.6) is 5.75 Å². The van der Waals surface area contributed by atoms with Gasteiger partial charge in [0, 0.05) is 14.7 Å². The van der Waals surface area contributed by atoms with Gasteiger partial charge in [-0.25, -0.2) is 10.2 Å². The number of amides is 2. The van der Waals surface area contributed by atoms with Crippen LogP contribution in [0.1, 0.15) is 22.8 Å². The highest BCUT2D eigenvalue weighted by Gasteiger charge is 2.39. The Kier molecular flexibility index (Phi) is 5.13. The number of hydrazone groups is 1. The second-order valence-electron chi connectivity index (χ2n) is 5.80. The van der Waals surface area contributed by atoms with E-state index in [0.29, 0.717) is 11.3 Å². The van der Waals surface area contributed by atoms with Gasteiger partial charge in [0.2, 0.25) is 0 Å². The van der Waals surface area contributed by atoms with Crippen LogP contribution in [0.3, 0.4) is 0 Å². The Hall–Kier alpha value is -2.95. The standard InChI is InChI=1S/C18H14IN3O5/c1-9(18(26)27)22-14-7-4-11(19)8-13(14)15(17(22)25)20-21-16(24)10-2-5-12(23)6-3-10/h2-9,23H,1H3,(H,21,24)(H,26,27). The number of fused-ring (bicyclic) bond motifs is 1. The third-order valence-electron chi connectivity index (χ3n) is 4.04. The molecule has 1 heterocycles. The molecule has 8 nitrogen and oxygen atoms in total. The number of hydrogen-bond donors (Lipinski definition) is 3. The van der Waals surface area contributed by atoms with Crippen LogP contribution in [0.25, 0.3) is 0 Å². The molecule has 0 aromatic heterocycles. The van der Waals surface area contributed by atoms with Gasteiger partial charge in [0.1, 0.15) is 11.8 Å². The van der Waals surface area contributed by atoms with Crippen molar-refractivity contribution >= 4 is 51.8 Å². The molecule has 2 amide bonds. The number of benzene rings is 2. The molecule has 27 heavy (non-hydrogen) atoms. The van der Waals surface area contributed by atoms with Crippen molar-refractivity contribution in [2.75, 3.05) is 4.90 Å². The van der Waals surface area contributed by atoms with Gasteiger partial charge in [-0.1, -0.05) is 0 Å². The fraction of sp³-hybridized carbons (Fsp3) is 0.111. The molecule has 138 valence electrons. The van der Waals surface area contributed by atoms with Crippen molar-refractivity contribution in [2.24, 2.45) is 5.10 Å². The van der Waals surface area contributed by atoms with Gasteiger partial charge in [-0.05, 0) is 72.0 Å². The number of phenols is 1. The van der Waals surface area contributed by atoms with Crippen molar-refractivity contribution in [2.45, 2.75) is 13.0 Å². The monoisotopic (exact) mass is 479 g/mol. The highest BCUT2D eigenvalue weighted by atomic mass is 127. The number of nitrogens with one attached hydrogen (secondary N) is 1. The number of carbonyl (C=O) groups excluding carboxylic acids is 2. The number of carbonyl (C=O) groups is 3. The van der Waals surface area contributed by atoms with Gasteiger partial charge in [0.15, 0.2) is 5.71 Å². The molecule has 1 unspecified atom stereocenters. The molecule has 1 aliphatic heterocycles. The van der Waals surface area contributed by atoms with Crippen molar-refractivity contribution in [3.05, 3.63) is 57.2 Å². The molecule has 1 atom stereocenters. The second-order valence-corrected chi connectivity index (χ2v) is 7.04. The van der Waals surface area contributed by atoms with E-state index in [1.54, 1.807) is 18.2 Å². The predicted molar refractivity (Wildman–Crippen MR) is 106 cm³/mol. The van der Waals surface area contributed by atoms with Crippen LogP contribution < -0.4 is 10.3 Å². The largest absolute Gasteiger partial charge is 0.508 e. The van der Waals surface area contributed by atoms with E-state index in [4.69, 9.17) is 0 Å². The molecule has 0 saturated heterocycles. The minimum Gasteiger partial charge on any atom is -0.508 e. The van der Waals surface area contributed by atoms with E-state index >= 15 is 0 Å². The Balaban J connectivity index is 1.95. The second kappa shape index (κ2) is 7.35. The Bertz CT molecular complexity index is 971. The fourth-order valence-electron chi connectivity index (χ4n) is 2.63. The molecule has 0 aliphatic carbocycles. The summed E-state index contributed by atoms with van der Waals surface area (Å²) in [6, 6.07) is 9.57. The molecule has 0 radical (unpaired) electrons. The minimum absolute atomic E-state index is 0.0191. The predicted octanol–water partition coefficient (Wildman–Crippen LogP) is 1.95. The summed E-state index contributed by atoms with van der Waals surface area (Å²) in [5.41, 5.74) is 3.40. The SMILES string of the molecule is CC(C(=O)O)N1C(=O)C(=NNC(=O)c2ccc(O)cc2)c2cc(I)ccc21. The molecule has 0 fully saturated rings. The van der Waals surface area contributed by atoms with Crippen molar-refractivity contribution < 1.29 is 24.6 Å². The van der Waals surface area contributed by atoms with Crippen LogP contribution in [0.15, 0.2) is 47.6 Å². The molecule has 1 aliphatic rings. The third-order valence-corrected chi connectivity index (χ3v) is 4.71. The number of carboxylic acid groups (broad SMARTS) is 1. The van der Waals surface area contributed by atoms with Crippen LogP contribution in [0.2, 0.25) is 0 Å². The molecule has 3 N–H and O–H groups in total. The minimum atomic E-state index is -1.15. The summed E-state index contributed by atoms with van der Waals surface area (Å²) in [7, 11) is 0. The van der Waals surface area contributed by atoms with E-state index in [1.807, 2.05) is 0 Å². The first-order chi connectivity index (χ1) is 12.8. The van der Waals surface area contributed by atoms with Gasteiger partial charge in [-0.3, -0.25) is 14.5 Å². The molecule has 3 rings (SSSR count). The first kappa shape index (κ1) is 18.8. The van der Waals surface area contributed by atoms with Crippen molar-refractivity contribution in [3.63, 3.8) is 0 Å². The lowest BCUT2D eigenvalue weighted by molar-refractivity contribution is -0.139. The summed E-state index contributed by atoms with van der Waals surface area (Å²) in [6.45, 7) is 1.40. The van der Waals surface area contributed by atoms with Crippen LogP contribution in [-0.4, -0.2) is 39.8 Å². The zero-order valence-electron chi connectivity index (χ0n) is 14.0. The molecule has 2 aromatic carbocycles. The molecular weight excluding hydrogens is 465 g/mol. The van der Waals surface area contributed by atoms with E-state index in [9.17, 15) is 24.6 Å². The number of nitrogens with zero attached hydrogens (tertiary/aromatic N) is 2. The Morgan fingerprint density at radius 1 is 1.19 bits per heavy atom. The van der Waals surface area contributed by atoms with E-state index < -0.39 is 23.8 Å². The summed E-state index contributed by atoms with van der Waals surface area (Å²) < 4.78 is 0.835. The number of hydrogen-bond acceptors (Lipinski definition) is 5. The van der Waals surface area contributed by atoms with Crippen LogP contribution in [0.4, 0.5) is 5.69 Å². The van der Waals surface area contributed by atoms with Crippen LogP contribution in [-0.2, 0) is 9.59 Å². The average molecular weight is 479 g/mol. The molecule has 9 heteroatoms. The quantitative estimate of drug-likeness (QED) is 0.458. The molecule has 2 aromatic rings. The van der Waals surface area contributed by atoms with E-state index in [0.717, 1.165) is 8.47 Å². The van der Waals surface area contributed by atoms with Crippen LogP contribution in [0, 0.1) is 3.57 Å². The third kappa shape index (κ3) is 3.63. The highest BCUT2D eigenvalue weighted by Crippen LogP contribution is 2.32. The van der Waals surface area contributed by atoms with Crippen molar-refractivity contribution in [1.29, 1.82) is 0 Å². The van der Waals surface area contributed by atoms with Crippen molar-refractivity contribution in [1.82, 2.24) is 5.43 Å². The Labute approximate surface area is 167 Å². The Morgan fingerprint density at radius 3 is 2.48 bits per heavy atom. The maximum atomic E-state index is 12.8. The topological polar surface area (TPSA) is 119 Å². The summed E-state index contributed by atoms with van der Waals surface area (Å²) in [4.78, 5) is 37.5. The number of aliphatic carboxylic acids is 1. The first-order valence-electron chi connectivity index (χ1n) is 7.83. The van der Waals surface area contributed by atoms with Gasteiger partial charge in [0.05, 0.1) is 5.69 Å². The van der Waals surface area contributed by atoms with Gasteiger partial charge in [0.25, 0.3) is 11.8 Å². The highest BCUT2D eigenvalue weighted by molar-refractivity contribution is 14.1. The lowest BCUT2D eigenvalue weighted by Crippen LogP contribution is -2.43. The maximum absolute atomic E-state index is 12.8. The van der Waals surface area contributed by atoms with Gasteiger partial charge < -0.3 is 10.2 Å². The normalized spacial score (nSPS) is 15.6. The van der Waals surface area contributed by atoms with Gasteiger partial charge in [-0.2, -0.15) is 5.10 Å². The Morgan fingerprint density at radius 2 is 1.85 bits per heavy atom. The summed E-state index contributed by atoms with van der Waals surface area (Å²) in [6.07, 6.45) is 0. The lowest BCUT2D eigenvalue weighted by atomic mass is 10.1. The van der Waals surface area contributed by atoms with Crippen molar-refractivity contribution in [3.8, 4) is 5.75 Å². The van der Waals surface area contributed by atoms with E-state index in [-0.39, 0.29) is 17.0 Å². The van der Waals surface area contributed by atoms with Gasteiger partial charge in [-0.15, -0.1) is 0 Å². The number of halogens is 1. The molecular formula is C18H14IN3O5. The number of carboxylic acids is 1. The molecule has 0 saturated carbocycles. The number of rotatable bonds is 4. The smallest absolute Gasteiger partial charge is 0.326 e. The lowest BCUT2D eigenvalue weighted by Gasteiger charge is -2.21. The zero-order valence-corrected chi connectivity index (χ0v) is 16.2. The summed E-state index contributed by atoms with van der Waals surface area (Å²) >= 11 is 2.07. The number of aromatic hydroxyl groups is 1. The molecule has 0 spiro atoms. The number of phenolic OH excluding ortho intramolecular Hbond substituents is 1. The fourth-order valence-corrected chi connectivity index (χ4v) is 3.12. The summed E-state index contributed by atoms with van der Waals surface area (Å²) in [5.74, 6) is -2.30. The van der Waals surface area contributed by atoms with Gasteiger partial charge >= 0.3 is 5.97 Å². The van der Waals surface area contributed by atoms with E-state index in [2.05, 4.69) is 33.1 Å². The average Bonchev–Trinajstić information content (AvgIpc) is 2.90. The van der Waals surface area contributed by atoms with E-state index in [1.165, 1.54) is 31.2 Å². The van der Waals surface area contributed by atoms with Crippen LogP contribution >= 0.6 is 22.6 Å². The zero-order chi connectivity index (χ0) is 19.7. The molecule has 0 bridgehead atoms. The first-order valence-corrected chi connectivity index (χ1v) is 8.91.